The number of carbonyl (C=O) groups excluding carboxylic acids is 1. The highest BCUT2D eigenvalue weighted by Crippen LogP contribution is 2.41. The van der Waals surface area contributed by atoms with Crippen molar-refractivity contribution in [3.05, 3.63) is 64.9 Å². The molecule has 1 N–H and O–H groups in total. The molecule has 31 heavy (non-hydrogen) atoms. The van der Waals surface area contributed by atoms with Gasteiger partial charge < -0.3 is 5.32 Å². The van der Waals surface area contributed by atoms with Crippen LogP contribution in [-0.2, 0) is 6.18 Å². The number of hydrogen-bond acceptors (Lipinski definition) is 2. The number of alkyl halides is 3. The number of anilines is 1. The highest BCUT2D eigenvalue weighted by atomic mass is 19.4. The first kappa shape index (κ1) is 24.3. The summed E-state index contributed by atoms with van der Waals surface area (Å²) in [6.07, 6.45) is -0.313. The zero-order chi connectivity index (χ0) is 23.3. The van der Waals surface area contributed by atoms with Crippen molar-refractivity contribution in [1.82, 2.24) is 9.78 Å². The van der Waals surface area contributed by atoms with E-state index in [1.165, 1.54) is 23.8 Å². The quantitative estimate of drug-likeness (QED) is 0.404. The van der Waals surface area contributed by atoms with E-state index in [9.17, 15) is 26.7 Å². The lowest BCUT2D eigenvalue weighted by atomic mass is 10.1. The van der Waals surface area contributed by atoms with E-state index < -0.39 is 34.9 Å². The van der Waals surface area contributed by atoms with Gasteiger partial charge in [-0.25, -0.2) is 13.5 Å². The first-order valence-electron chi connectivity index (χ1n) is 9.92. The zero-order valence-electron chi connectivity index (χ0n) is 17.6. The Labute approximate surface area is 177 Å². The fourth-order valence-corrected chi connectivity index (χ4v) is 2.83. The van der Waals surface area contributed by atoms with E-state index in [0.717, 1.165) is 12.8 Å². The highest BCUT2D eigenvalue weighted by molar-refractivity contribution is 6.04. The Balaban J connectivity index is 0.00000166. The Morgan fingerprint density at radius 2 is 1.77 bits per heavy atom. The second-order valence-electron chi connectivity index (χ2n) is 6.63. The summed E-state index contributed by atoms with van der Waals surface area (Å²) in [4.78, 5) is 12.5. The molecule has 1 saturated carbocycles. The summed E-state index contributed by atoms with van der Waals surface area (Å²) in [6.45, 7) is 7.08. The van der Waals surface area contributed by atoms with Crippen LogP contribution in [-0.4, -0.2) is 15.7 Å². The maximum absolute atomic E-state index is 14.2. The van der Waals surface area contributed by atoms with Gasteiger partial charge in [-0.1, -0.05) is 19.9 Å². The highest BCUT2D eigenvalue weighted by Gasteiger charge is 2.32. The van der Waals surface area contributed by atoms with Crippen LogP contribution in [0.1, 0.15) is 68.1 Å². The Kier molecular flexibility index (Phi) is 7.75. The Morgan fingerprint density at radius 3 is 2.29 bits per heavy atom. The van der Waals surface area contributed by atoms with Crippen LogP contribution in [0.25, 0.3) is 5.70 Å². The van der Waals surface area contributed by atoms with Crippen LogP contribution >= 0.6 is 0 Å². The zero-order valence-corrected chi connectivity index (χ0v) is 17.6. The predicted octanol–water partition coefficient (Wildman–Crippen LogP) is 6.93. The third kappa shape index (κ3) is 5.80. The summed E-state index contributed by atoms with van der Waals surface area (Å²) in [5, 5.41) is 6.75. The first-order chi connectivity index (χ1) is 14.6. The molecule has 1 aromatic carbocycles. The van der Waals surface area contributed by atoms with Gasteiger partial charge in [-0.15, -0.1) is 0 Å². The molecule has 0 unspecified atom stereocenters. The lowest BCUT2D eigenvalue weighted by molar-refractivity contribution is -0.137. The number of rotatable bonds is 5. The summed E-state index contributed by atoms with van der Waals surface area (Å²) in [7, 11) is 0. The molecular weight excluding hydrogens is 417 g/mol. The Morgan fingerprint density at radius 1 is 1.13 bits per heavy atom. The van der Waals surface area contributed by atoms with Crippen molar-refractivity contribution in [2.45, 2.75) is 52.6 Å². The number of halogens is 5. The number of aromatic nitrogens is 2. The molecule has 0 bridgehead atoms. The van der Waals surface area contributed by atoms with Gasteiger partial charge in [0.2, 0.25) is 0 Å². The van der Waals surface area contributed by atoms with Crippen molar-refractivity contribution in [2.24, 2.45) is 0 Å². The molecule has 0 spiro atoms. The SMILES string of the molecule is C/C=C(F)\C(=C/C)n1nc(C2CC2)cc1NC(=O)c1cc(F)cc(C(F)(F)F)c1.CC. The van der Waals surface area contributed by atoms with E-state index in [4.69, 9.17) is 0 Å². The van der Waals surface area contributed by atoms with Gasteiger partial charge in [-0.05, 0) is 51.0 Å². The number of benzene rings is 1. The van der Waals surface area contributed by atoms with Crippen LogP contribution < -0.4 is 5.32 Å². The third-order valence-electron chi connectivity index (χ3n) is 4.45. The number of nitrogens with zero attached hydrogens (tertiary/aromatic N) is 2. The van der Waals surface area contributed by atoms with Crippen molar-refractivity contribution in [1.29, 1.82) is 0 Å². The maximum atomic E-state index is 14.2. The van der Waals surface area contributed by atoms with Crippen molar-refractivity contribution < 1.29 is 26.7 Å². The minimum absolute atomic E-state index is 0.0740. The van der Waals surface area contributed by atoms with Gasteiger partial charge in [0.15, 0.2) is 0 Å². The molecule has 1 aliphatic rings. The number of hydrogen-bond donors (Lipinski definition) is 1. The summed E-state index contributed by atoms with van der Waals surface area (Å²) in [5.74, 6) is -2.47. The van der Waals surface area contributed by atoms with E-state index >= 15 is 0 Å². The van der Waals surface area contributed by atoms with Crippen molar-refractivity contribution in [3.63, 3.8) is 0 Å². The van der Waals surface area contributed by atoms with Crippen molar-refractivity contribution >= 4 is 17.4 Å². The Hall–Kier alpha value is -2.97. The number of nitrogens with one attached hydrogen (secondary N) is 1. The number of amides is 1. The summed E-state index contributed by atoms with van der Waals surface area (Å²) >= 11 is 0. The summed E-state index contributed by atoms with van der Waals surface area (Å²) in [5.41, 5.74) is -1.07. The largest absolute Gasteiger partial charge is 0.416 e. The minimum atomic E-state index is -4.80. The monoisotopic (exact) mass is 441 g/mol. The second kappa shape index (κ2) is 9.89. The molecular formula is C22H24F5N3O. The fourth-order valence-electron chi connectivity index (χ4n) is 2.83. The Bertz CT molecular complexity index is 1000. The molecule has 0 radical (unpaired) electrons. The van der Waals surface area contributed by atoms with E-state index in [0.29, 0.717) is 23.9 Å². The molecule has 9 heteroatoms. The van der Waals surface area contributed by atoms with Crippen LogP contribution in [0, 0.1) is 5.82 Å². The lowest BCUT2D eigenvalue weighted by Gasteiger charge is -2.12. The van der Waals surface area contributed by atoms with Crippen LogP contribution in [0.5, 0.6) is 0 Å². The van der Waals surface area contributed by atoms with Gasteiger partial charge in [0.05, 0.1) is 17.0 Å². The van der Waals surface area contributed by atoms with Crippen LogP contribution in [0.3, 0.4) is 0 Å². The topological polar surface area (TPSA) is 46.9 Å². The van der Waals surface area contributed by atoms with Crippen molar-refractivity contribution in [2.75, 3.05) is 5.32 Å². The van der Waals surface area contributed by atoms with Gasteiger partial charge in [-0.3, -0.25) is 4.79 Å². The van der Waals surface area contributed by atoms with Crippen LogP contribution in [0.15, 0.2) is 42.2 Å². The first-order valence-corrected chi connectivity index (χ1v) is 9.92. The molecule has 1 heterocycles. The summed E-state index contributed by atoms with van der Waals surface area (Å²) in [6, 6.07) is 3.12. The molecule has 1 aromatic heterocycles. The minimum Gasteiger partial charge on any atom is -0.306 e. The van der Waals surface area contributed by atoms with E-state index in [-0.39, 0.29) is 17.4 Å². The van der Waals surface area contributed by atoms with Gasteiger partial charge in [0, 0.05) is 17.5 Å². The molecule has 3 rings (SSSR count). The van der Waals surface area contributed by atoms with E-state index in [1.807, 2.05) is 13.8 Å². The molecule has 1 aliphatic carbocycles. The predicted molar refractivity (Wildman–Crippen MR) is 110 cm³/mol. The standard InChI is InChI=1S/C20H18F5N3O.C2H6/c1-3-15(22)17(4-2)28-18(10-16(27-28)11-5-6-11)26-19(29)12-7-13(20(23,24)25)9-14(21)8-12;1-2/h3-4,7-11H,5-6H2,1-2H3,(H,26,29);1-2H3/b15-3+,17-4+;. The maximum Gasteiger partial charge on any atom is 0.416 e. The van der Waals surface area contributed by atoms with Gasteiger partial charge in [-0.2, -0.15) is 18.3 Å². The van der Waals surface area contributed by atoms with Gasteiger partial charge in [0.25, 0.3) is 5.91 Å². The molecule has 1 fully saturated rings. The van der Waals surface area contributed by atoms with Crippen LogP contribution in [0.4, 0.5) is 27.8 Å². The molecule has 0 atom stereocenters. The molecule has 2 aromatic rings. The molecule has 0 aliphatic heterocycles. The van der Waals surface area contributed by atoms with E-state index in [2.05, 4.69) is 10.4 Å². The number of carbonyl (C=O) groups is 1. The molecule has 0 saturated heterocycles. The third-order valence-corrected chi connectivity index (χ3v) is 4.45. The second-order valence-corrected chi connectivity index (χ2v) is 6.63. The average Bonchev–Trinajstić information content (AvgIpc) is 3.51. The summed E-state index contributed by atoms with van der Waals surface area (Å²) < 4.78 is 67.8. The van der Waals surface area contributed by atoms with Crippen molar-refractivity contribution in [3.8, 4) is 0 Å². The lowest BCUT2D eigenvalue weighted by Crippen LogP contribution is -2.17. The molecule has 1 amide bonds. The number of allylic oxidation sites excluding steroid dienone is 4. The smallest absolute Gasteiger partial charge is 0.306 e. The van der Waals surface area contributed by atoms with E-state index in [1.54, 1.807) is 13.0 Å². The molecule has 4 nitrogen and oxygen atoms in total. The van der Waals surface area contributed by atoms with Crippen LogP contribution in [0.2, 0.25) is 0 Å². The molecule has 168 valence electrons. The van der Waals surface area contributed by atoms with Gasteiger partial charge in [0.1, 0.15) is 17.5 Å². The van der Waals surface area contributed by atoms with Gasteiger partial charge >= 0.3 is 6.18 Å². The average molecular weight is 441 g/mol. The normalized spacial score (nSPS) is 14.7. The fraction of sp³-hybridized carbons (Fsp3) is 0.364.